The largest absolute Gasteiger partial charge is 0.477 e. The SMILES string of the molecule is CC1CCC(Oc2nc(C(=O)O)ccc2N)CC1. The van der Waals surface area contributed by atoms with Crippen molar-refractivity contribution in [2.24, 2.45) is 5.92 Å². The van der Waals surface area contributed by atoms with Gasteiger partial charge in [-0.1, -0.05) is 6.92 Å². The maximum Gasteiger partial charge on any atom is 0.354 e. The lowest BCUT2D eigenvalue weighted by Gasteiger charge is -2.26. The van der Waals surface area contributed by atoms with Crippen molar-refractivity contribution in [3.63, 3.8) is 0 Å². The van der Waals surface area contributed by atoms with Crippen LogP contribution in [0.2, 0.25) is 0 Å². The lowest BCUT2D eigenvalue weighted by molar-refractivity contribution is 0.0687. The summed E-state index contributed by atoms with van der Waals surface area (Å²) in [5.41, 5.74) is 6.10. The second kappa shape index (κ2) is 5.25. The molecule has 1 aromatic rings. The smallest absolute Gasteiger partial charge is 0.354 e. The summed E-state index contributed by atoms with van der Waals surface area (Å²) < 4.78 is 5.73. The fraction of sp³-hybridized carbons (Fsp3) is 0.538. The number of aromatic carboxylic acids is 1. The topological polar surface area (TPSA) is 85.4 Å². The van der Waals surface area contributed by atoms with Crippen LogP contribution >= 0.6 is 0 Å². The van der Waals surface area contributed by atoms with Crippen LogP contribution in [0.5, 0.6) is 5.88 Å². The van der Waals surface area contributed by atoms with Crippen molar-refractivity contribution in [3.05, 3.63) is 17.8 Å². The number of carboxylic acid groups (broad SMARTS) is 1. The monoisotopic (exact) mass is 250 g/mol. The van der Waals surface area contributed by atoms with Gasteiger partial charge in [0.25, 0.3) is 0 Å². The quantitative estimate of drug-likeness (QED) is 0.859. The van der Waals surface area contributed by atoms with E-state index in [-0.39, 0.29) is 17.7 Å². The predicted molar refractivity (Wildman–Crippen MR) is 67.7 cm³/mol. The first-order valence-electron chi connectivity index (χ1n) is 6.22. The van der Waals surface area contributed by atoms with Crippen LogP contribution in [-0.2, 0) is 0 Å². The molecule has 3 N–H and O–H groups in total. The average molecular weight is 250 g/mol. The van der Waals surface area contributed by atoms with Crippen molar-refractivity contribution in [2.45, 2.75) is 38.7 Å². The number of nitrogen functional groups attached to an aromatic ring is 1. The van der Waals surface area contributed by atoms with Crippen LogP contribution in [0.3, 0.4) is 0 Å². The molecule has 1 heterocycles. The van der Waals surface area contributed by atoms with Crippen molar-refractivity contribution in [2.75, 3.05) is 5.73 Å². The Kier molecular flexibility index (Phi) is 3.69. The van der Waals surface area contributed by atoms with E-state index in [1.165, 1.54) is 12.1 Å². The number of hydrogen-bond donors (Lipinski definition) is 2. The first kappa shape index (κ1) is 12.7. The molecule has 18 heavy (non-hydrogen) atoms. The average Bonchev–Trinajstić information content (AvgIpc) is 2.34. The van der Waals surface area contributed by atoms with Gasteiger partial charge in [-0.15, -0.1) is 0 Å². The summed E-state index contributed by atoms with van der Waals surface area (Å²) in [4.78, 5) is 14.8. The van der Waals surface area contributed by atoms with Crippen LogP contribution in [0.15, 0.2) is 12.1 Å². The summed E-state index contributed by atoms with van der Waals surface area (Å²) in [5.74, 6) is -0.0907. The highest BCUT2D eigenvalue weighted by molar-refractivity contribution is 5.86. The molecule has 0 bridgehead atoms. The van der Waals surface area contributed by atoms with E-state index in [1.54, 1.807) is 0 Å². The van der Waals surface area contributed by atoms with E-state index in [4.69, 9.17) is 15.6 Å². The minimum Gasteiger partial charge on any atom is -0.477 e. The molecule has 98 valence electrons. The van der Waals surface area contributed by atoms with E-state index in [9.17, 15) is 4.79 Å². The summed E-state index contributed by atoms with van der Waals surface area (Å²) in [6.07, 6.45) is 4.30. The van der Waals surface area contributed by atoms with Crippen molar-refractivity contribution >= 4 is 11.7 Å². The minimum atomic E-state index is -1.07. The standard InChI is InChI=1S/C13H18N2O3/c1-8-2-4-9(5-3-8)18-12-10(14)6-7-11(15-12)13(16)17/h6-9H,2-5,14H2,1H3,(H,16,17). The number of nitrogens with zero attached hydrogens (tertiary/aromatic N) is 1. The third kappa shape index (κ3) is 2.91. The Morgan fingerprint density at radius 3 is 2.67 bits per heavy atom. The minimum absolute atomic E-state index is 0.0385. The molecule has 0 aromatic carbocycles. The van der Waals surface area contributed by atoms with Crippen molar-refractivity contribution in [1.82, 2.24) is 4.98 Å². The Balaban J connectivity index is 2.08. The van der Waals surface area contributed by atoms with Crippen molar-refractivity contribution in [3.8, 4) is 5.88 Å². The predicted octanol–water partition coefficient (Wildman–Crippen LogP) is 2.32. The van der Waals surface area contributed by atoms with E-state index in [0.29, 0.717) is 5.69 Å². The molecule has 5 nitrogen and oxygen atoms in total. The molecule has 2 rings (SSSR count). The second-order valence-electron chi connectivity index (χ2n) is 4.90. The van der Waals surface area contributed by atoms with E-state index in [0.717, 1.165) is 31.6 Å². The Bertz CT molecular complexity index is 440. The molecule has 0 saturated heterocycles. The molecule has 0 amide bonds. The Morgan fingerprint density at radius 1 is 1.39 bits per heavy atom. The van der Waals surface area contributed by atoms with Gasteiger partial charge in [-0.25, -0.2) is 9.78 Å². The number of aromatic nitrogens is 1. The molecule has 0 radical (unpaired) electrons. The summed E-state index contributed by atoms with van der Waals surface area (Å²) in [6.45, 7) is 2.23. The lowest BCUT2D eigenvalue weighted by Crippen LogP contribution is -2.24. The maximum atomic E-state index is 10.8. The number of carboxylic acids is 1. The zero-order valence-electron chi connectivity index (χ0n) is 10.4. The summed E-state index contributed by atoms with van der Waals surface area (Å²) in [7, 11) is 0. The number of ether oxygens (including phenoxy) is 1. The second-order valence-corrected chi connectivity index (χ2v) is 4.90. The van der Waals surface area contributed by atoms with Crippen LogP contribution < -0.4 is 10.5 Å². The maximum absolute atomic E-state index is 10.8. The molecular weight excluding hydrogens is 232 g/mol. The Labute approximate surface area is 106 Å². The van der Waals surface area contributed by atoms with Gasteiger partial charge in [0.05, 0.1) is 5.69 Å². The number of carbonyl (C=O) groups is 1. The van der Waals surface area contributed by atoms with Gasteiger partial charge in [-0.05, 0) is 43.7 Å². The van der Waals surface area contributed by atoms with Crippen LogP contribution in [0.1, 0.15) is 43.1 Å². The van der Waals surface area contributed by atoms with Crippen molar-refractivity contribution in [1.29, 1.82) is 0 Å². The van der Waals surface area contributed by atoms with Gasteiger partial charge in [0.2, 0.25) is 5.88 Å². The molecule has 5 heteroatoms. The Morgan fingerprint density at radius 2 is 2.06 bits per heavy atom. The fourth-order valence-electron chi connectivity index (χ4n) is 2.17. The van der Waals surface area contributed by atoms with E-state index in [2.05, 4.69) is 11.9 Å². The third-order valence-electron chi connectivity index (χ3n) is 3.35. The van der Waals surface area contributed by atoms with Gasteiger partial charge in [-0.3, -0.25) is 0 Å². The van der Waals surface area contributed by atoms with Gasteiger partial charge in [-0.2, -0.15) is 0 Å². The zero-order valence-corrected chi connectivity index (χ0v) is 10.4. The highest BCUT2D eigenvalue weighted by Gasteiger charge is 2.21. The van der Waals surface area contributed by atoms with Gasteiger partial charge in [0.15, 0.2) is 5.69 Å². The van der Waals surface area contributed by atoms with E-state index >= 15 is 0 Å². The van der Waals surface area contributed by atoms with Gasteiger partial charge in [0.1, 0.15) is 6.10 Å². The molecular formula is C13H18N2O3. The van der Waals surface area contributed by atoms with Crippen LogP contribution in [-0.4, -0.2) is 22.2 Å². The summed E-state index contributed by atoms with van der Waals surface area (Å²) in [5, 5.41) is 8.88. The molecule has 1 fully saturated rings. The van der Waals surface area contributed by atoms with E-state index in [1.807, 2.05) is 0 Å². The van der Waals surface area contributed by atoms with Crippen molar-refractivity contribution < 1.29 is 14.6 Å². The molecule has 0 atom stereocenters. The molecule has 1 aliphatic rings. The summed E-state index contributed by atoms with van der Waals surface area (Å²) >= 11 is 0. The first-order chi connectivity index (χ1) is 8.56. The van der Waals surface area contributed by atoms with Gasteiger partial charge >= 0.3 is 5.97 Å². The highest BCUT2D eigenvalue weighted by Crippen LogP contribution is 2.28. The number of pyridine rings is 1. The van der Waals surface area contributed by atoms with Gasteiger partial charge < -0.3 is 15.6 Å². The number of nitrogens with two attached hydrogens (primary N) is 1. The van der Waals surface area contributed by atoms with Crippen LogP contribution in [0.25, 0.3) is 0 Å². The molecule has 0 unspecified atom stereocenters. The van der Waals surface area contributed by atoms with E-state index < -0.39 is 5.97 Å². The zero-order chi connectivity index (χ0) is 13.1. The number of hydrogen-bond acceptors (Lipinski definition) is 4. The Hall–Kier alpha value is -1.78. The number of rotatable bonds is 3. The number of anilines is 1. The summed E-state index contributed by atoms with van der Waals surface area (Å²) in [6, 6.07) is 2.91. The van der Waals surface area contributed by atoms with Crippen LogP contribution in [0.4, 0.5) is 5.69 Å². The van der Waals surface area contributed by atoms with Crippen LogP contribution in [0, 0.1) is 5.92 Å². The molecule has 0 aliphatic heterocycles. The van der Waals surface area contributed by atoms with Gasteiger partial charge in [0, 0.05) is 0 Å². The lowest BCUT2D eigenvalue weighted by atomic mass is 9.89. The molecule has 1 aromatic heterocycles. The third-order valence-corrected chi connectivity index (χ3v) is 3.35. The normalized spacial score (nSPS) is 23.6. The molecule has 0 spiro atoms. The molecule has 1 saturated carbocycles. The molecule has 1 aliphatic carbocycles. The fourth-order valence-corrected chi connectivity index (χ4v) is 2.17. The highest BCUT2D eigenvalue weighted by atomic mass is 16.5. The first-order valence-corrected chi connectivity index (χ1v) is 6.22.